The van der Waals surface area contributed by atoms with Gasteiger partial charge in [-0.15, -0.1) is 0 Å². The van der Waals surface area contributed by atoms with E-state index in [1.54, 1.807) is 24.3 Å². The van der Waals surface area contributed by atoms with Crippen molar-refractivity contribution >= 4 is 23.3 Å². The first-order valence-electron chi connectivity index (χ1n) is 10.1. The van der Waals surface area contributed by atoms with Gasteiger partial charge >= 0.3 is 0 Å². The number of ketones is 1. The van der Waals surface area contributed by atoms with Crippen LogP contribution in [0.1, 0.15) is 42.6 Å². The van der Waals surface area contributed by atoms with E-state index in [0.717, 1.165) is 32.4 Å². The van der Waals surface area contributed by atoms with Gasteiger partial charge in [0.1, 0.15) is 6.54 Å². The molecule has 29 heavy (non-hydrogen) atoms. The van der Waals surface area contributed by atoms with Gasteiger partial charge in [0.25, 0.3) is 0 Å². The van der Waals surface area contributed by atoms with Crippen molar-refractivity contribution in [2.45, 2.75) is 33.1 Å². The highest BCUT2D eigenvalue weighted by Gasteiger charge is 2.25. The third kappa shape index (κ3) is 5.53. The molecule has 152 valence electrons. The smallest absolute Gasteiger partial charge is 0.242 e. The topological polar surface area (TPSA) is 57.7 Å². The van der Waals surface area contributed by atoms with E-state index in [4.69, 9.17) is 0 Å². The average Bonchev–Trinajstić information content (AvgIpc) is 2.73. The fourth-order valence-corrected chi connectivity index (χ4v) is 3.85. The van der Waals surface area contributed by atoms with E-state index in [2.05, 4.69) is 24.3 Å². The molecule has 0 saturated carbocycles. The van der Waals surface area contributed by atoms with Crippen molar-refractivity contribution in [2.24, 2.45) is 5.92 Å². The van der Waals surface area contributed by atoms with Crippen LogP contribution in [0.2, 0.25) is 0 Å². The highest BCUT2D eigenvalue weighted by molar-refractivity contribution is 6.00. The molecule has 0 aliphatic carbocycles. The highest BCUT2D eigenvalue weighted by atomic mass is 16.2. The number of rotatable bonds is 6. The number of hydrogen-bond donors (Lipinski definition) is 0. The monoisotopic (exact) mass is 392 g/mol. The van der Waals surface area contributed by atoms with Crippen LogP contribution in [0.3, 0.4) is 0 Å². The quantitative estimate of drug-likeness (QED) is 0.704. The van der Waals surface area contributed by atoms with Gasteiger partial charge in [0.2, 0.25) is 11.8 Å². The van der Waals surface area contributed by atoms with Crippen LogP contribution in [0.25, 0.3) is 0 Å². The number of hydrogen-bond acceptors (Lipinski definition) is 3. The first kappa shape index (κ1) is 20.8. The zero-order valence-electron chi connectivity index (χ0n) is 17.1. The molecule has 0 atom stereocenters. The number of carbonyl (C=O) groups excluding carboxylic acids is 3. The molecule has 1 fully saturated rings. The van der Waals surface area contributed by atoms with Crippen LogP contribution in [0.4, 0.5) is 5.69 Å². The van der Waals surface area contributed by atoms with Gasteiger partial charge in [-0.2, -0.15) is 0 Å². The number of likely N-dealkylation sites (tertiary alicyclic amines) is 1. The van der Waals surface area contributed by atoms with Gasteiger partial charge in [-0.1, -0.05) is 42.5 Å². The lowest BCUT2D eigenvalue weighted by atomic mass is 9.90. The van der Waals surface area contributed by atoms with E-state index >= 15 is 0 Å². The molecule has 1 aliphatic heterocycles. The number of nitrogens with zero attached hydrogens (tertiary/aromatic N) is 2. The second kappa shape index (κ2) is 9.50. The van der Waals surface area contributed by atoms with Crippen molar-refractivity contribution in [3.63, 3.8) is 0 Å². The minimum absolute atomic E-state index is 0.0000430. The summed E-state index contributed by atoms with van der Waals surface area (Å²) in [5.41, 5.74) is 2.45. The van der Waals surface area contributed by atoms with Crippen LogP contribution in [0, 0.1) is 5.92 Å². The van der Waals surface area contributed by atoms with Gasteiger partial charge in [-0.05, 0) is 49.8 Å². The third-order valence-corrected chi connectivity index (χ3v) is 5.57. The van der Waals surface area contributed by atoms with E-state index in [9.17, 15) is 14.4 Å². The van der Waals surface area contributed by atoms with Crippen LogP contribution >= 0.6 is 0 Å². The standard InChI is InChI=1S/C24H28N2O3/c1-18(27)22-9-6-10-23(16-22)26(19(2)28)17-24(29)25-13-11-21(12-14-25)15-20-7-4-3-5-8-20/h3-10,16,21H,11-15,17H2,1-2H3. The molecule has 5 heteroatoms. The first-order valence-corrected chi connectivity index (χ1v) is 10.1. The summed E-state index contributed by atoms with van der Waals surface area (Å²) in [5.74, 6) is 0.254. The second-order valence-electron chi connectivity index (χ2n) is 7.73. The molecule has 2 aromatic carbocycles. The maximum absolute atomic E-state index is 12.8. The molecule has 0 aromatic heterocycles. The molecule has 0 spiro atoms. The molecule has 2 aromatic rings. The highest BCUT2D eigenvalue weighted by Crippen LogP contribution is 2.23. The zero-order chi connectivity index (χ0) is 20.8. The van der Waals surface area contributed by atoms with Crippen LogP contribution in [0.5, 0.6) is 0 Å². The molecule has 3 rings (SSSR count). The Morgan fingerprint density at radius 3 is 2.28 bits per heavy atom. The summed E-state index contributed by atoms with van der Waals surface area (Å²) in [6, 6.07) is 17.3. The van der Waals surface area contributed by atoms with Crippen molar-refractivity contribution in [3.8, 4) is 0 Å². The molecular weight excluding hydrogens is 364 g/mol. The van der Waals surface area contributed by atoms with Crippen LogP contribution in [0.15, 0.2) is 54.6 Å². The summed E-state index contributed by atoms with van der Waals surface area (Å²) in [6.45, 7) is 4.37. The Balaban J connectivity index is 1.59. The lowest BCUT2D eigenvalue weighted by molar-refractivity contribution is -0.132. The molecule has 2 amide bonds. The molecule has 0 unspecified atom stereocenters. The van der Waals surface area contributed by atoms with Gasteiger partial charge in [-0.25, -0.2) is 0 Å². The van der Waals surface area contributed by atoms with E-state index in [-0.39, 0.29) is 24.1 Å². The Morgan fingerprint density at radius 2 is 1.66 bits per heavy atom. The fraction of sp³-hybridized carbons (Fsp3) is 0.375. The van der Waals surface area contributed by atoms with Gasteiger partial charge in [0, 0.05) is 31.3 Å². The van der Waals surface area contributed by atoms with E-state index in [0.29, 0.717) is 17.2 Å². The zero-order valence-corrected chi connectivity index (χ0v) is 17.1. The Morgan fingerprint density at radius 1 is 0.966 bits per heavy atom. The van der Waals surface area contributed by atoms with Crippen LogP contribution in [-0.2, 0) is 16.0 Å². The van der Waals surface area contributed by atoms with Crippen molar-refractivity contribution in [1.29, 1.82) is 0 Å². The average molecular weight is 392 g/mol. The van der Waals surface area contributed by atoms with E-state index in [1.165, 1.54) is 24.3 Å². The Kier molecular flexibility index (Phi) is 6.81. The number of carbonyl (C=O) groups is 3. The first-order chi connectivity index (χ1) is 13.9. The molecule has 5 nitrogen and oxygen atoms in total. The van der Waals surface area contributed by atoms with E-state index in [1.807, 2.05) is 11.0 Å². The number of piperidine rings is 1. The summed E-state index contributed by atoms with van der Waals surface area (Å²) >= 11 is 0. The SMILES string of the molecule is CC(=O)c1cccc(N(CC(=O)N2CCC(Cc3ccccc3)CC2)C(C)=O)c1. The van der Waals surface area contributed by atoms with Crippen LogP contribution < -0.4 is 4.90 Å². The van der Waals surface area contributed by atoms with Gasteiger partial charge < -0.3 is 9.80 Å². The van der Waals surface area contributed by atoms with Crippen molar-refractivity contribution in [2.75, 3.05) is 24.5 Å². The second-order valence-corrected chi connectivity index (χ2v) is 7.73. The molecule has 0 N–H and O–H groups in total. The van der Waals surface area contributed by atoms with Crippen molar-refractivity contribution < 1.29 is 14.4 Å². The number of benzene rings is 2. The summed E-state index contributed by atoms with van der Waals surface area (Å²) in [7, 11) is 0. The van der Waals surface area contributed by atoms with Crippen molar-refractivity contribution in [1.82, 2.24) is 4.90 Å². The lowest BCUT2D eigenvalue weighted by Gasteiger charge is -2.33. The lowest BCUT2D eigenvalue weighted by Crippen LogP contribution is -2.45. The summed E-state index contributed by atoms with van der Waals surface area (Å²) in [4.78, 5) is 39.9. The molecule has 0 bridgehead atoms. The summed E-state index contributed by atoms with van der Waals surface area (Å²) in [6.07, 6.45) is 2.99. The maximum Gasteiger partial charge on any atom is 0.242 e. The molecular formula is C24H28N2O3. The maximum atomic E-state index is 12.8. The Bertz CT molecular complexity index is 871. The van der Waals surface area contributed by atoms with Gasteiger partial charge in [0.15, 0.2) is 5.78 Å². The minimum Gasteiger partial charge on any atom is -0.341 e. The summed E-state index contributed by atoms with van der Waals surface area (Å²) < 4.78 is 0. The van der Waals surface area contributed by atoms with E-state index < -0.39 is 0 Å². The molecule has 1 heterocycles. The normalized spacial score (nSPS) is 14.5. The predicted molar refractivity (Wildman–Crippen MR) is 114 cm³/mol. The fourth-order valence-electron chi connectivity index (χ4n) is 3.85. The minimum atomic E-state index is -0.210. The number of amides is 2. The molecule has 1 aliphatic rings. The number of Topliss-reactive ketones (excluding diaryl/α,β-unsaturated/α-hetero) is 1. The Labute approximate surface area is 172 Å². The van der Waals surface area contributed by atoms with Gasteiger partial charge in [0.05, 0.1) is 0 Å². The van der Waals surface area contributed by atoms with Crippen molar-refractivity contribution in [3.05, 3.63) is 65.7 Å². The number of anilines is 1. The third-order valence-electron chi connectivity index (χ3n) is 5.57. The Hall–Kier alpha value is -2.95. The molecule has 0 radical (unpaired) electrons. The predicted octanol–water partition coefficient (Wildman–Crippen LogP) is 3.72. The van der Waals surface area contributed by atoms with Crippen LogP contribution in [-0.4, -0.2) is 42.1 Å². The molecule has 1 saturated heterocycles. The summed E-state index contributed by atoms with van der Waals surface area (Å²) in [5, 5.41) is 0. The van der Waals surface area contributed by atoms with Gasteiger partial charge in [-0.3, -0.25) is 14.4 Å². The largest absolute Gasteiger partial charge is 0.341 e.